The number of hydrogen-bond acceptors (Lipinski definition) is 7. The predicted molar refractivity (Wildman–Crippen MR) is 74.5 cm³/mol. The van der Waals surface area contributed by atoms with Crippen LogP contribution in [0.3, 0.4) is 0 Å². The molecule has 0 fully saturated rings. The van der Waals surface area contributed by atoms with Gasteiger partial charge in [0.15, 0.2) is 18.1 Å². The molecule has 0 bridgehead atoms. The van der Waals surface area contributed by atoms with Gasteiger partial charge in [-0.1, -0.05) is 5.16 Å². The van der Waals surface area contributed by atoms with Gasteiger partial charge in [0, 0.05) is 17.0 Å². The molecule has 1 aliphatic rings. The van der Waals surface area contributed by atoms with Crippen LogP contribution in [0.1, 0.15) is 5.89 Å². The number of aromatic nitrogens is 2. The molecule has 4 rings (SSSR count). The van der Waals surface area contributed by atoms with Crippen molar-refractivity contribution < 1.29 is 18.7 Å². The van der Waals surface area contributed by atoms with E-state index in [0.717, 1.165) is 11.3 Å². The second kappa shape index (κ2) is 5.10. The average Bonchev–Trinajstić information content (AvgIpc) is 3.24. The summed E-state index contributed by atoms with van der Waals surface area (Å²) in [5.74, 6) is 3.06. The van der Waals surface area contributed by atoms with E-state index in [1.165, 1.54) is 0 Å². The van der Waals surface area contributed by atoms with Crippen LogP contribution < -0.4 is 14.2 Å². The first kappa shape index (κ1) is 12.2. The topological polar surface area (TPSA) is 66.6 Å². The Morgan fingerprint density at radius 3 is 3.05 bits per heavy atom. The van der Waals surface area contributed by atoms with Crippen LogP contribution in [0.25, 0.3) is 11.4 Å². The Hall–Kier alpha value is -2.54. The highest BCUT2D eigenvalue weighted by Crippen LogP contribution is 2.35. The number of thiophene rings is 1. The van der Waals surface area contributed by atoms with Crippen LogP contribution in [0.4, 0.5) is 0 Å². The fraction of sp³-hybridized carbons (Fsp3) is 0.143. The Bertz CT molecular complexity index is 754. The Kier molecular flexibility index (Phi) is 2.97. The van der Waals surface area contributed by atoms with Crippen LogP contribution in [-0.4, -0.2) is 16.9 Å². The molecule has 106 valence electrons. The van der Waals surface area contributed by atoms with Crippen LogP contribution >= 0.6 is 11.3 Å². The van der Waals surface area contributed by atoms with Gasteiger partial charge in [0.1, 0.15) is 5.75 Å². The van der Waals surface area contributed by atoms with Gasteiger partial charge in [-0.3, -0.25) is 0 Å². The van der Waals surface area contributed by atoms with Crippen molar-refractivity contribution in [2.75, 3.05) is 6.79 Å². The maximum Gasteiger partial charge on any atom is 0.264 e. The van der Waals surface area contributed by atoms with Gasteiger partial charge in [0.2, 0.25) is 12.6 Å². The van der Waals surface area contributed by atoms with E-state index in [1.54, 1.807) is 17.4 Å². The van der Waals surface area contributed by atoms with Crippen molar-refractivity contribution in [1.82, 2.24) is 10.1 Å². The van der Waals surface area contributed by atoms with E-state index in [-0.39, 0.29) is 13.4 Å². The monoisotopic (exact) mass is 302 g/mol. The van der Waals surface area contributed by atoms with Gasteiger partial charge in [0.05, 0.1) is 0 Å². The molecule has 7 heteroatoms. The smallest absolute Gasteiger partial charge is 0.264 e. The van der Waals surface area contributed by atoms with E-state index in [0.29, 0.717) is 23.2 Å². The molecule has 0 unspecified atom stereocenters. The highest BCUT2D eigenvalue weighted by molar-refractivity contribution is 7.08. The third-order valence-corrected chi connectivity index (χ3v) is 3.64. The predicted octanol–water partition coefficient (Wildman–Crippen LogP) is 3.11. The summed E-state index contributed by atoms with van der Waals surface area (Å²) in [5, 5.41) is 7.86. The van der Waals surface area contributed by atoms with Crippen LogP contribution in [0, 0.1) is 0 Å². The quantitative estimate of drug-likeness (QED) is 0.737. The SMILES string of the molecule is c1cc(-c2noc(COc3ccc4c(c3)OCO4)n2)cs1. The fourth-order valence-electron chi connectivity index (χ4n) is 1.93. The summed E-state index contributed by atoms with van der Waals surface area (Å²) in [6, 6.07) is 7.34. The molecule has 3 heterocycles. The van der Waals surface area contributed by atoms with E-state index in [1.807, 2.05) is 29.0 Å². The zero-order valence-corrected chi connectivity index (χ0v) is 11.6. The van der Waals surface area contributed by atoms with Gasteiger partial charge in [-0.25, -0.2) is 0 Å². The molecule has 0 saturated heterocycles. The van der Waals surface area contributed by atoms with Gasteiger partial charge >= 0.3 is 0 Å². The van der Waals surface area contributed by atoms with E-state index in [9.17, 15) is 0 Å². The minimum absolute atomic E-state index is 0.205. The molecule has 0 saturated carbocycles. The molecule has 1 aromatic carbocycles. The maximum absolute atomic E-state index is 5.62. The van der Waals surface area contributed by atoms with Gasteiger partial charge in [-0.2, -0.15) is 16.3 Å². The van der Waals surface area contributed by atoms with Crippen molar-refractivity contribution in [1.29, 1.82) is 0 Å². The zero-order chi connectivity index (χ0) is 14.1. The van der Waals surface area contributed by atoms with Crippen molar-refractivity contribution >= 4 is 11.3 Å². The molecule has 0 spiro atoms. The molecule has 21 heavy (non-hydrogen) atoms. The molecule has 6 nitrogen and oxygen atoms in total. The van der Waals surface area contributed by atoms with Gasteiger partial charge in [-0.05, 0) is 23.6 Å². The summed E-state index contributed by atoms with van der Waals surface area (Å²) in [4.78, 5) is 4.29. The van der Waals surface area contributed by atoms with Crippen molar-refractivity contribution in [3.63, 3.8) is 0 Å². The Morgan fingerprint density at radius 1 is 1.19 bits per heavy atom. The second-order valence-corrected chi connectivity index (χ2v) is 5.11. The minimum atomic E-state index is 0.205. The number of fused-ring (bicyclic) bond motifs is 1. The third-order valence-electron chi connectivity index (χ3n) is 2.95. The average molecular weight is 302 g/mol. The first-order valence-corrected chi connectivity index (χ1v) is 7.20. The normalized spacial score (nSPS) is 12.6. The summed E-state index contributed by atoms with van der Waals surface area (Å²) in [5.41, 5.74) is 0.943. The van der Waals surface area contributed by atoms with Crippen LogP contribution in [-0.2, 0) is 6.61 Å². The van der Waals surface area contributed by atoms with Gasteiger partial charge < -0.3 is 18.7 Å². The fourth-order valence-corrected chi connectivity index (χ4v) is 2.57. The summed E-state index contributed by atoms with van der Waals surface area (Å²) >= 11 is 1.59. The molecule has 0 amide bonds. The standard InChI is InChI=1S/C14H10N2O4S/c1-2-11-12(19-8-18-11)5-10(1)17-6-13-15-14(16-20-13)9-3-4-21-7-9/h1-5,7H,6,8H2. The Labute approximate surface area is 123 Å². The van der Waals surface area contributed by atoms with Crippen molar-refractivity contribution in [3.8, 4) is 28.6 Å². The van der Waals surface area contributed by atoms with Gasteiger partial charge in [-0.15, -0.1) is 0 Å². The van der Waals surface area contributed by atoms with E-state index in [4.69, 9.17) is 18.7 Å². The molecule has 0 atom stereocenters. The summed E-state index contributed by atoms with van der Waals surface area (Å²) in [6.07, 6.45) is 0. The Balaban J connectivity index is 1.45. The first-order valence-electron chi connectivity index (χ1n) is 6.26. The lowest BCUT2D eigenvalue weighted by Crippen LogP contribution is -1.95. The van der Waals surface area contributed by atoms with Crippen molar-refractivity contribution in [3.05, 3.63) is 40.9 Å². The van der Waals surface area contributed by atoms with E-state index >= 15 is 0 Å². The van der Waals surface area contributed by atoms with Crippen molar-refractivity contribution in [2.24, 2.45) is 0 Å². The lowest BCUT2D eigenvalue weighted by molar-refractivity contribution is 0.173. The number of rotatable bonds is 4. The number of ether oxygens (including phenoxy) is 3. The second-order valence-electron chi connectivity index (χ2n) is 4.33. The van der Waals surface area contributed by atoms with Crippen LogP contribution in [0.5, 0.6) is 17.2 Å². The summed E-state index contributed by atoms with van der Waals surface area (Å²) in [7, 11) is 0. The molecule has 0 N–H and O–H groups in total. The number of hydrogen-bond donors (Lipinski definition) is 0. The van der Waals surface area contributed by atoms with Crippen LogP contribution in [0.15, 0.2) is 39.5 Å². The largest absolute Gasteiger partial charge is 0.484 e. The first-order chi connectivity index (χ1) is 10.4. The number of benzene rings is 1. The molecule has 0 radical (unpaired) electrons. The molecular formula is C14H10N2O4S. The molecule has 0 aliphatic carbocycles. The molecule has 3 aromatic rings. The van der Waals surface area contributed by atoms with Crippen molar-refractivity contribution in [2.45, 2.75) is 6.61 Å². The summed E-state index contributed by atoms with van der Waals surface area (Å²) in [6.45, 7) is 0.448. The van der Waals surface area contributed by atoms with E-state index < -0.39 is 0 Å². The Morgan fingerprint density at radius 2 is 2.14 bits per heavy atom. The highest BCUT2D eigenvalue weighted by atomic mass is 32.1. The minimum Gasteiger partial charge on any atom is -0.484 e. The van der Waals surface area contributed by atoms with Gasteiger partial charge in [0.25, 0.3) is 5.89 Å². The number of nitrogens with zero attached hydrogens (tertiary/aromatic N) is 2. The highest BCUT2D eigenvalue weighted by Gasteiger charge is 2.14. The zero-order valence-electron chi connectivity index (χ0n) is 10.8. The molecular weight excluding hydrogens is 292 g/mol. The lowest BCUT2D eigenvalue weighted by Gasteiger charge is -2.03. The van der Waals surface area contributed by atoms with Crippen LogP contribution in [0.2, 0.25) is 0 Å². The van der Waals surface area contributed by atoms with E-state index in [2.05, 4.69) is 10.1 Å². The summed E-state index contributed by atoms with van der Waals surface area (Å²) < 4.78 is 21.3. The maximum atomic E-state index is 5.62. The lowest BCUT2D eigenvalue weighted by atomic mass is 10.3. The third kappa shape index (κ3) is 2.43. The molecule has 2 aromatic heterocycles. The molecule has 1 aliphatic heterocycles.